The third kappa shape index (κ3) is 5.69. The molecule has 0 unspecified atom stereocenters. The lowest BCUT2D eigenvalue weighted by Gasteiger charge is -2.11. The van der Waals surface area contributed by atoms with Crippen molar-refractivity contribution in [3.63, 3.8) is 0 Å². The van der Waals surface area contributed by atoms with E-state index in [1.165, 1.54) is 18.4 Å². The van der Waals surface area contributed by atoms with Gasteiger partial charge in [-0.3, -0.25) is 0 Å². The molecule has 0 saturated heterocycles. The summed E-state index contributed by atoms with van der Waals surface area (Å²) in [5, 5.41) is 3.54. The molecule has 1 fully saturated rings. The highest BCUT2D eigenvalue weighted by Gasteiger charge is 2.20. The van der Waals surface area contributed by atoms with Crippen LogP contribution in [0.5, 0.6) is 0 Å². The summed E-state index contributed by atoms with van der Waals surface area (Å²) in [7, 11) is 1.68. The first kappa shape index (κ1) is 16.3. The highest BCUT2D eigenvalue weighted by Crippen LogP contribution is 2.19. The lowest BCUT2D eigenvalue weighted by Crippen LogP contribution is -2.20. The summed E-state index contributed by atoms with van der Waals surface area (Å²) in [6.45, 7) is 7.08. The van der Waals surface area contributed by atoms with Gasteiger partial charge in [0, 0.05) is 31.0 Å². The van der Waals surface area contributed by atoms with Gasteiger partial charge < -0.3 is 14.8 Å². The van der Waals surface area contributed by atoms with E-state index in [1.807, 2.05) is 0 Å². The fourth-order valence-electron chi connectivity index (χ4n) is 2.38. The molecule has 1 aliphatic carbocycles. The Labute approximate surface area is 127 Å². The molecule has 0 spiro atoms. The van der Waals surface area contributed by atoms with E-state index in [0.29, 0.717) is 19.8 Å². The van der Waals surface area contributed by atoms with Crippen molar-refractivity contribution in [2.45, 2.75) is 45.6 Å². The van der Waals surface area contributed by atoms with Crippen LogP contribution < -0.4 is 5.32 Å². The topological polar surface area (TPSA) is 56.3 Å². The number of methoxy groups -OCH3 is 1. The molecule has 118 valence electrons. The van der Waals surface area contributed by atoms with E-state index in [9.17, 15) is 0 Å². The molecule has 0 atom stereocenters. The maximum Gasteiger partial charge on any atom is 0.131 e. The standard InChI is InChI=1S/C16H27N3O2/c1-12-15(6-8-17-14-4-5-14)13(2)19-16(18-12)7-9-21-11-10-20-3/h14,17H,4-11H2,1-3H3. The van der Waals surface area contributed by atoms with Crippen LogP contribution in [0.15, 0.2) is 0 Å². The van der Waals surface area contributed by atoms with Gasteiger partial charge in [-0.25, -0.2) is 9.97 Å². The second-order valence-corrected chi connectivity index (χ2v) is 5.62. The second-order valence-electron chi connectivity index (χ2n) is 5.62. The van der Waals surface area contributed by atoms with Crippen LogP contribution in [-0.2, 0) is 22.3 Å². The Balaban J connectivity index is 1.80. The first-order valence-corrected chi connectivity index (χ1v) is 7.83. The molecule has 5 nitrogen and oxygen atoms in total. The SMILES string of the molecule is COCCOCCc1nc(C)c(CCNC2CC2)c(C)n1. The van der Waals surface area contributed by atoms with Gasteiger partial charge >= 0.3 is 0 Å². The number of hydrogen-bond acceptors (Lipinski definition) is 5. The quantitative estimate of drug-likeness (QED) is 0.664. The predicted molar refractivity (Wildman–Crippen MR) is 82.6 cm³/mol. The third-order valence-electron chi connectivity index (χ3n) is 3.75. The van der Waals surface area contributed by atoms with Crippen LogP contribution in [0.25, 0.3) is 0 Å². The van der Waals surface area contributed by atoms with Gasteiger partial charge in [0.1, 0.15) is 5.82 Å². The zero-order valence-electron chi connectivity index (χ0n) is 13.4. The summed E-state index contributed by atoms with van der Waals surface area (Å²) in [6, 6.07) is 0.759. The Hall–Kier alpha value is -1.04. The van der Waals surface area contributed by atoms with Gasteiger partial charge in [0.15, 0.2) is 0 Å². The minimum atomic E-state index is 0.624. The summed E-state index contributed by atoms with van der Waals surface area (Å²) in [6.07, 6.45) is 4.43. The van der Waals surface area contributed by atoms with Gasteiger partial charge in [0.2, 0.25) is 0 Å². The summed E-state index contributed by atoms with van der Waals surface area (Å²) in [5.74, 6) is 0.876. The van der Waals surface area contributed by atoms with Crippen molar-refractivity contribution in [1.29, 1.82) is 0 Å². The third-order valence-corrected chi connectivity index (χ3v) is 3.75. The van der Waals surface area contributed by atoms with Crippen LogP contribution in [-0.4, -0.2) is 49.5 Å². The van der Waals surface area contributed by atoms with Crippen LogP contribution >= 0.6 is 0 Å². The molecule has 1 aliphatic rings. The zero-order valence-corrected chi connectivity index (χ0v) is 13.4. The molecule has 0 aromatic carbocycles. The molecule has 1 heterocycles. The average Bonchev–Trinajstić information content (AvgIpc) is 3.26. The molecule has 21 heavy (non-hydrogen) atoms. The number of nitrogens with zero attached hydrogens (tertiary/aromatic N) is 2. The maximum atomic E-state index is 5.47. The van der Waals surface area contributed by atoms with Crippen molar-refractivity contribution < 1.29 is 9.47 Å². The molecule has 5 heteroatoms. The molecule has 1 saturated carbocycles. The Bertz CT molecular complexity index is 424. The molecular formula is C16H27N3O2. The Morgan fingerprint density at radius 1 is 1.05 bits per heavy atom. The van der Waals surface area contributed by atoms with Gasteiger partial charge in [-0.2, -0.15) is 0 Å². The van der Waals surface area contributed by atoms with E-state index in [1.54, 1.807) is 7.11 Å². The van der Waals surface area contributed by atoms with E-state index in [-0.39, 0.29) is 0 Å². The molecule has 0 amide bonds. The molecular weight excluding hydrogens is 266 g/mol. The number of aryl methyl sites for hydroxylation is 2. The lowest BCUT2D eigenvalue weighted by atomic mass is 10.1. The van der Waals surface area contributed by atoms with Crippen LogP contribution in [0.2, 0.25) is 0 Å². The van der Waals surface area contributed by atoms with E-state index < -0.39 is 0 Å². The zero-order chi connectivity index (χ0) is 15.1. The summed E-state index contributed by atoms with van der Waals surface area (Å²) < 4.78 is 10.4. The van der Waals surface area contributed by atoms with E-state index in [4.69, 9.17) is 9.47 Å². The predicted octanol–water partition coefficient (Wildman–Crippen LogP) is 1.59. The largest absolute Gasteiger partial charge is 0.382 e. The van der Waals surface area contributed by atoms with Gasteiger partial charge in [-0.05, 0) is 45.2 Å². The fourth-order valence-corrected chi connectivity index (χ4v) is 2.38. The van der Waals surface area contributed by atoms with Crippen molar-refractivity contribution in [2.24, 2.45) is 0 Å². The fraction of sp³-hybridized carbons (Fsp3) is 0.750. The lowest BCUT2D eigenvalue weighted by molar-refractivity contribution is 0.0716. The maximum absolute atomic E-state index is 5.47. The van der Waals surface area contributed by atoms with E-state index in [2.05, 4.69) is 29.1 Å². The van der Waals surface area contributed by atoms with Crippen molar-refractivity contribution in [3.05, 3.63) is 22.8 Å². The molecule has 1 aromatic rings. The molecule has 1 aromatic heterocycles. The number of nitrogens with one attached hydrogen (secondary N) is 1. The molecule has 2 rings (SSSR count). The number of aromatic nitrogens is 2. The minimum absolute atomic E-state index is 0.624. The minimum Gasteiger partial charge on any atom is -0.382 e. The van der Waals surface area contributed by atoms with E-state index in [0.717, 1.165) is 42.6 Å². The van der Waals surface area contributed by atoms with Crippen molar-refractivity contribution >= 4 is 0 Å². The van der Waals surface area contributed by atoms with Crippen LogP contribution in [0.3, 0.4) is 0 Å². The van der Waals surface area contributed by atoms with Gasteiger partial charge in [0.05, 0.1) is 19.8 Å². The smallest absolute Gasteiger partial charge is 0.131 e. The van der Waals surface area contributed by atoms with E-state index >= 15 is 0 Å². The molecule has 0 radical (unpaired) electrons. The Kier molecular flexibility index (Phi) is 6.54. The van der Waals surface area contributed by atoms with Gasteiger partial charge in [0.25, 0.3) is 0 Å². The normalized spacial score (nSPS) is 14.6. The summed E-state index contributed by atoms with van der Waals surface area (Å²) in [5.41, 5.74) is 3.49. The first-order chi connectivity index (χ1) is 10.2. The van der Waals surface area contributed by atoms with Gasteiger partial charge in [-0.1, -0.05) is 0 Å². The second kappa shape index (κ2) is 8.41. The Morgan fingerprint density at radius 3 is 2.38 bits per heavy atom. The number of hydrogen-bond donors (Lipinski definition) is 1. The monoisotopic (exact) mass is 293 g/mol. The Morgan fingerprint density at radius 2 is 1.76 bits per heavy atom. The van der Waals surface area contributed by atoms with Crippen LogP contribution in [0, 0.1) is 13.8 Å². The molecule has 0 bridgehead atoms. The molecule has 1 N–H and O–H groups in total. The highest BCUT2D eigenvalue weighted by atomic mass is 16.5. The van der Waals surface area contributed by atoms with Crippen LogP contribution in [0.4, 0.5) is 0 Å². The number of ether oxygens (including phenoxy) is 2. The van der Waals surface area contributed by atoms with Crippen molar-refractivity contribution in [3.8, 4) is 0 Å². The summed E-state index contributed by atoms with van der Waals surface area (Å²) in [4.78, 5) is 9.23. The molecule has 0 aliphatic heterocycles. The van der Waals surface area contributed by atoms with Crippen LogP contribution in [0.1, 0.15) is 35.6 Å². The van der Waals surface area contributed by atoms with Gasteiger partial charge in [-0.15, -0.1) is 0 Å². The average molecular weight is 293 g/mol. The summed E-state index contributed by atoms with van der Waals surface area (Å²) >= 11 is 0. The van der Waals surface area contributed by atoms with Crippen molar-refractivity contribution in [2.75, 3.05) is 33.5 Å². The first-order valence-electron chi connectivity index (χ1n) is 7.83. The highest BCUT2D eigenvalue weighted by molar-refractivity contribution is 5.24. The van der Waals surface area contributed by atoms with Crippen molar-refractivity contribution in [1.82, 2.24) is 15.3 Å². The number of rotatable bonds is 10.